The predicted octanol–water partition coefficient (Wildman–Crippen LogP) is 2.45. The van der Waals surface area contributed by atoms with Crippen molar-refractivity contribution in [3.8, 4) is 0 Å². The third kappa shape index (κ3) is 6.69. The molecular weight excluding hydrogens is 334 g/mol. The maximum Gasteiger partial charge on any atom is 0.306 e. The molecule has 0 spiro atoms. The Kier molecular flexibility index (Phi) is 7.76. The number of aryl methyl sites for hydroxylation is 1. The SMILES string of the molecule is CCCOC(=O)CCC(=O)NC(=S)Nc1ccc([N+](=O)[O-])cc1C. The van der Waals surface area contributed by atoms with Gasteiger partial charge in [0.05, 0.1) is 18.0 Å². The van der Waals surface area contributed by atoms with E-state index in [1.807, 2.05) is 6.92 Å². The lowest BCUT2D eigenvalue weighted by atomic mass is 10.2. The van der Waals surface area contributed by atoms with Gasteiger partial charge in [-0.15, -0.1) is 0 Å². The second kappa shape index (κ2) is 9.56. The van der Waals surface area contributed by atoms with Crippen molar-refractivity contribution in [1.82, 2.24) is 5.32 Å². The van der Waals surface area contributed by atoms with E-state index >= 15 is 0 Å². The Bertz CT molecular complexity index is 648. The van der Waals surface area contributed by atoms with Crippen LogP contribution < -0.4 is 10.6 Å². The van der Waals surface area contributed by atoms with E-state index in [1.54, 1.807) is 6.92 Å². The third-order valence-electron chi connectivity index (χ3n) is 2.95. The molecule has 0 unspecified atom stereocenters. The summed E-state index contributed by atoms with van der Waals surface area (Å²) >= 11 is 5.01. The molecule has 1 rings (SSSR count). The number of nitro benzene ring substituents is 1. The number of carbonyl (C=O) groups is 2. The van der Waals surface area contributed by atoms with Crippen molar-refractivity contribution >= 4 is 40.6 Å². The minimum absolute atomic E-state index is 0.0228. The van der Waals surface area contributed by atoms with Crippen LogP contribution in [0.5, 0.6) is 0 Å². The molecule has 0 aliphatic rings. The molecule has 130 valence electrons. The molecule has 0 radical (unpaired) electrons. The Hall–Kier alpha value is -2.55. The molecule has 0 saturated carbocycles. The summed E-state index contributed by atoms with van der Waals surface area (Å²) in [7, 11) is 0. The Morgan fingerprint density at radius 1 is 1.33 bits per heavy atom. The van der Waals surface area contributed by atoms with Crippen LogP contribution in [0, 0.1) is 17.0 Å². The number of ether oxygens (including phenoxy) is 1. The van der Waals surface area contributed by atoms with Crippen LogP contribution in [0.4, 0.5) is 11.4 Å². The number of rotatable bonds is 7. The van der Waals surface area contributed by atoms with Crippen LogP contribution in [0.1, 0.15) is 31.7 Å². The number of nitrogens with zero attached hydrogens (tertiary/aromatic N) is 1. The summed E-state index contributed by atoms with van der Waals surface area (Å²) in [6.45, 7) is 3.90. The fourth-order valence-electron chi connectivity index (χ4n) is 1.75. The topological polar surface area (TPSA) is 111 Å². The van der Waals surface area contributed by atoms with E-state index < -0.39 is 16.8 Å². The van der Waals surface area contributed by atoms with Crippen LogP contribution in [-0.2, 0) is 14.3 Å². The van der Waals surface area contributed by atoms with Gasteiger partial charge < -0.3 is 15.4 Å². The monoisotopic (exact) mass is 353 g/mol. The number of amides is 1. The molecule has 0 atom stereocenters. The van der Waals surface area contributed by atoms with Crippen LogP contribution in [0.2, 0.25) is 0 Å². The zero-order valence-corrected chi connectivity index (χ0v) is 14.3. The smallest absolute Gasteiger partial charge is 0.306 e. The fraction of sp³-hybridized carbons (Fsp3) is 0.400. The normalized spacial score (nSPS) is 9.92. The fourth-order valence-corrected chi connectivity index (χ4v) is 1.97. The lowest BCUT2D eigenvalue weighted by Crippen LogP contribution is -2.34. The third-order valence-corrected chi connectivity index (χ3v) is 3.15. The Labute approximate surface area is 144 Å². The molecule has 24 heavy (non-hydrogen) atoms. The molecule has 8 nitrogen and oxygen atoms in total. The second-order valence-corrected chi connectivity index (χ2v) is 5.39. The van der Waals surface area contributed by atoms with Crippen molar-refractivity contribution in [2.24, 2.45) is 0 Å². The molecule has 0 fully saturated rings. The predicted molar refractivity (Wildman–Crippen MR) is 92.7 cm³/mol. The van der Waals surface area contributed by atoms with Crippen molar-refractivity contribution in [3.05, 3.63) is 33.9 Å². The molecule has 1 aromatic rings. The molecule has 0 aliphatic carbocycles. The Morgan fingerprint density at radius 2 is 2.04 bits per heavy atom. The lowest BCUT2D eigenvalue weighted by Gasteiger charge is -2.11. The van der Waals surface area contributed by atoms with Crippen molar-refractivity contribution < 1.29 is 19.2 Å². The van der Waals surface area contributed by atoms with Crippen LogP contribution >= 0.6 is 12.2 Å². The molecule has 2 N–H and O–H groups in total. The minimum Gasteiger partial charge on any atom is -0.466 e. The van der Waals surface area contributed by atoms with E-state index in [4.69, 9.17) is 17.0 Å². The quantitative estimate of drug-likeness (QED) is 0.335. The van der Waals surface area contributed by atoms with Gasteiger partial charge in [-0.05, 0) is 37.2 Å². The molecule has 0 bridgehead atoms. The van der Waals surface area contributed by atoms with E-state index in [2.05, 4.69) is 10.6 Å². The molecule has 9 heteroatoms. The Morgan fingerprint density at radius 3 is 2.62 bits per heavy atom. The number of thiocarbonyl (C=S) groups is 1. The van der Waals surface area contributed by atoms with Gasteiger partial charge >= 0.3 is 5.97 Å². The van der Waals surface area contributed by atoms with Gasteiger partial charge in [0.15, 0.2) is 5.11 Å². The highest BCUT2D eigenvalue weighted by molar-refractivity contribution is 7.80. The van der Waals surface area contributed by atoms with E-state index in [-0.39, 0.29) is 23.6 Å². The number of anilines is 1. The highest BCUT2D eigenvalue weighted by atomic mass is 32.1. The van der Waals surface area contributed by atoms with Crippen molar-refractivity contribution in [2.45, 2.75) is 33.1 Å². The standard InChI is InChI=1S/C15H19N3O5S/c1-3-8-23-14(20)7-6-13(19)17-15(24)16-12-5-4-11(18(21)22)9-10(12)2/h4-5,9H,3,6-8H2,1-2H3,(H2,16,17,19,24). The molecule has 1 aromatic carbocycles. The number of nitro groups is 1. The average Bonchev–Trinajstić information content (AvgIpc) is 2.52. The average molecular weight is 353 g/mol. The van der Waals surface area contributed by atoms with Crippen LogP contribution in [0.15, 0.2) is 18.2 Å². The van der Waals surface area contributed by atoms with E-state index in [0.717, 1.165) is 6.42 Å². The Balaban J connectivity index is 2.47. The van der Waals surface area contributed by atoms with E-state index in [1.165, 1.54) is 18.2 Å². The largest absolute Gasteiger partial charge is 0.466 e. The van der Waals surface area contributed by atoms with E-state index in [0.29, 0.717) is 17.9 Å². The first-order chi connectivity index (χ1) is 11.3. The highest BCUT2D eigenvalue weighted by Gasteiger charge is 2.12. The number of hydrogen-bond acceptors (Lipinski definition) is 6. The number of nitrogens with one attached hydrogen (secondary N) is 2. The zero-order chi connectivity index (χ0) is 18.1. The van der Waals surface area contributed by atoms with E-state index in [9.17, 15) is 19.7 Å². The second-order valence-electron chi connectivity index (χ2n) is 4.98. The van der Waals surface area contributed by atoms with Crippen molar-refractivity contribution in [2.75, 3.05) is 11.9 Å². The summed E-state index contributed by atoms with van der Waals surface area (Å²) in [4.78, 5) is 33.2. The first-order valence-electron chi connectivity index (χ1n) is 7.35. The number of hydrogen-bond donors (Lipinski definition) is 2. The van der Waals surface area contributed by atoms with Crippen LogP contribution in [0.3, 0.4) is 0 Å². The number of esters is 1. The minimum atomic E-state index is -0.492. The number of carbonyl (C=O) groups excluding carboxylic acids is 2. The summed E-state index contributed by atoms with van der Waals surface area (Å²) in [5.74, 6) is -0.849. The molecule has 0 aromatic heterocycles. The molecular formula is C15H19N3O5S. The van der Waals surface area contributed by atoms with Gasteiger partial charge in [-0.1, -0.05) is 6.92 Å². The van der Waals surface area contributed by atoms with Crippen LogP contribution in [0.25, 0.3) is 0 Å². The van der Waals surface area contributed by atoms with Gasteiger partial charge in [-0.25, -0.2) is 0 Å². The summed E-state index contributed by atoms with van der Waals surface area (Å²) in [6, 6.07) is 4.24. The highest BCUT2D eigenvalue weighted by Crippen LogP contribution is 2.20. The summed E-state index contributed by atoms with van der Waals surface area (Å²) in [6.07, 6.45) is 0.662. The lowest BCUT2D eigenvalue weighted by molar-refractivity contribution is -0.384. The number of benzene rings is 1. The van der Waals surface area contributed by atoms with Crippen molar-refractivity contribution in [1.29, 1.82) is 0 Å². The maximum absolute atomic E-state index is 11.7. The summed E-state index contributed by atoms with van der Waals surface area (Å²) in [5, 5.41) is 16.0. The number of non-ortho nitro benzene ring substituents is 1. The zero-order valence-electron chi connectivity index (χ0n) is 13.5. The first kappa shape index (κ1) is 19.5. The molecule has 1 amide bonds. The first-order valence-corrected chi connectivity index (χ1v) is 7.75. The van der Waals surface area contributed by atoms with Gasteiger partial charge in [-0.2, -0.15) is 0 Å². The maximum atomic E-state index is 11.7. The van der Waals surface area contributed by atoms with Gasteiger partial charge in [0.2, 0.25) is 5.91 Å². The van der Waals surface area contributed by atoms with Gasteiger partial charge in [0, 0.05) is 24.2 Å². The van der Waals surface area contributed by atoms with Crippen molar-refractivity contribution in [3.63, 3.8) is 0 Å². The van der Waals surface area contributed by atoms with Gasteiger partial charge in [-0.3, -0.25) is 19.7 Å². The van der Waals surface area contributed by atoms with Gasteiger partial charge in [0.25, 0.3) is 5.69 Å². The molecule has 0 saturated heterocycles. The molecule has 0 aliphatic heterocycles. The molecule has 0 heterocycles. The summed E-state index contributed by atoms with van der Waals surface area (Å²) < 4.78 is 4.87. The summed E-state index contributed by atoms with van der Waals surface area (Å²) in [5.41, 5.74) is 1.13. The van der Waals surface area contributed by atoms with Gasteiger partial charge in [0.1, 0.15) is 0 Å². The van der Waals surface area contributed by atoms with Crippen LogP contribution in [-0.4, -0.2) is 28.5 Å².